The summed E-state index contributed by atoms with van der Waals surface area (Å²) in [7, 11) is 0. The molecule has 0 aromatic heterocycles. The Morgan fingerprint density at radius 1 is 1.45 bits per heavy atom. The van der Waals surface area contributed by atoms with Crippen LogP contribution in [0.1, 0.15) is 11.1 Å². The molecule has 0 aliphatic heterocycles. The third-order valence-corrected chi connectivity index (χ3v) is 1.58. The lowest BCUT2D eigenvalue weighted by Crippen LogP contribution is -1.79. The van der Waals surface area contributed by atoms with E-state index < -0.39 is 0 Å². The molecule has 1 aromatic carbocycles. The fourth-order valence-electron chi connectivity index (χ4n) is 0.701. The van der Waals surface area contributed by atoms with Crippen LogP contribution in [0, 0.1) is 23.7 Å². The maximum absolute atomic E-state index is 8.54. The Hall–Kier alpha value is -1.44. The van der Waals surface area contributed by atoms with E-state index in [0.29, 0.717) is 16.1 Å². The zero-order chi connectivity index (χ0) is 8.27. The minimum atomic E-state index is 0.419. The molecule has 0 aliphatic carbocycles. The molecule has 1 nitrogen and oxygen atoms in total. The number of halogens is 1. The Kier molecular flexibility index (Phi) is 2.16. The van der Waals surface area contributed by atoms with Crippen LogP contribution in [-0.2, 0) is 0 Å². The van der Waals surface area contributed by atoms with Gasteiger partial charge < -0.3 is 0 Å². The molecule has 1 aromatic rings. The number of hydrogen-bond donors (Lipinski definition) is 0. The second-order valence-electron chi connectivity index (χ2n) is 1.95. The summed E-state index contributed by atoms with van der Waals surface area (Å²) < 4.78 is 0. The Bertz CT molecular complexity index is 355. The summed E-state index contributed by atoms with van der Waals surface area (Å²) in [6.45, 7) is 0. The van der Waals surface area contributed by atoms with E-state index in [1.54, 1.807) is 18.2 Å². The molecular weight excluding hydrogens is 158 g/mol. The third-order valence-electron chi connectivity index (χ3n) is 1.25. The molecule has 0 spiro atoms. The van der Waals surface area contributed by atoms with Crippen LogP contribution >= 0.6 is 11.6 Å². The summed E-state index contributed by atoms with van der Waals surface area (Å²) in [6.07, 6.45) is 5.12. The highest BCUT2D eigenvalue weighted by atomic mass is 35.5. The van der Waals surface area contributed by atoms with Crippen molar-refractivity contribution in [3.05, 3.63) is 34.3 Å². The quantitative estimate of drug-likeness (QED) is 0.535. The second kappa shape index (κ2) is 3.10. The first-order chi connectivity index (χ1) is 5.27. The third kappa shape index (κ3) is 1.52. The largest absolute Gasteiger partial charge is 0.192 e. The minimum absolute atomic E-state index is 0.419. The average molecular weight is 162 g/mol. The summed E-state index contributed by atoms with van der Waals surface area (Å²) in [6, 6.07) is 6.85. The monoisotopic (exact) mass is 161 g/mol. The van der Waals surface area contributed by atoms with Gasteiger partial charge in [0.25, 0.3) is 0 Å². The first-order valence-electron chi connectivity index (χ1n) is 2.94. The summed E-state index contributed by atoms with van der Waals surface area (Å²) in [4.78, 5) is 0. The molecule has 0 radical (unpaired) electrons. The molecule has 0 saturated carbocycles. The van der Waals surface area contributed by atoms with Crippen LogP contribution < -0.4 is 0 Å². The predicted molar refractivity (Wildman–Crippen MR) is 44.1 cm³/mol. The molecule has 0 atom stereocenters. The highest BCUT2D eigenvalue weighted by Crippen LogP contribution is 2.15. The van der Waals surface area contributed by atoms with Gasteiger partial charge in [0.15, 0.2) is 0 Å². The van der Waals surface area contributed by atoms with Crippen LogP contribution in [0.5, 0.6) is 0 Å². The average Bonchev–Trinajstić information content (AvgIpc) is 2.05. The van der Waals surface area contributed by atoms with Crippen LogP contribution in [0.2, 0.25) is 5.02 Å². The number of terminal acetylenes is 1. The molecular formula is C9H4ClN. The molecule has 0 fully saturated rings. The van der Waals surface area contributed by atoms with Crippen LogP contribution in [0.4, 0.5) is 0 Å². The molecule has 52 valence electrons. The van der Waals surface area contributed by atoms with Gasteiger partial charge in [-0.15, -0.1) is 6.42 Å². The van der Waals surface area contributed by atoms with E-state index in [1.165, 1.54) is 0 Å². The van der Waals surface area contributed by atoms with E-state index >= 15 is 0 Å². The van der Waals surface area contributed by atoms with Crippen molar-refractivity contribution in [3.63, 3.8) is 0 Å². The molecule has 0 saturated heterocycles. The summed E-state index contributed by atoms with van der Waals surface area (Å²) in [5, 5.41) is 8.97. The fourth-order valence-corrected chi connectivity index (χ4v) is 0.861. The number of hydrogen-bond acceptors (Lipinski definition) is 1. The first-order valence-corrected chi connectivity index (χ1v) is 3.32. The van der Waals surface area contributed by atoms with Gasteiger partial charge >= 0.3 is 0 Å². The lowest BCUT2D eigenvalue weighted by atomic mass is 10.1. The Labute approximate surface area is 70.2 Å². The fraction of sp³-hybridized carbons (Fsp3) is 0. The van der Waals surface area contributed by atoms with Gasteiger partial charge in [0.05, 0.1) is 10.6 Å². The van der Waals surface area contributed by atoms with Gasteiger partial charge in [-0.05, 0) is 18.2 Å². The Balaban J connectivity index is 3.29. The van der Waals surface area contributed by atoms with Crippen molar-refractivity contribution in [1.82, 2.24) is 0 Å². The molecule has 0 heterocycles. The van der Waals surface area contributed by atoms with E-state index in [1.807, 2.05) is 6.07 Å². The number of rotatable bonds is 0. The van der Waals surface area contributed by atoms with Gasteiger partial charge in [0.2, 0.25) is 0 Å². The van der Waals surface area contributed by atoms with Gasteiger partial charge in [0, 0.05) is 5.56 Å². The molecule has 0 N–H and O–H groups in total. The predicted octanol–water partition coefficient (Wildman–Crippen LogP) is 2.19. The normalized spacial score (nSPS) is 8.27. The number of nitriles is 1. The summed E-state index contributed by atoms with van der Waals surface area (Å²) in [5.74, 6) is 2.42. The molecule has 0 amide bonds. The molecule has 1 rings (SSSR count). The van der Waals surface area contributed by atoms with Crippen molar-refractivity contribution in [2.75, 3.05) is 0 Å². The topological polar surface area (TPSA) is 23.8 Å². The summed E-state index contributed by atoms with van der Waals surface area (Å²) in [5.41, 5.74) is 1.09. The maximum Gasteiger partial charge on any atom is 0.101 e. The zero-order valence-electron chi connectivity index (χ0n) is 5.63. The van der Waals surface area contributed by atoms with Gasteiger partial charge in [-0.1, -0.05) is 17.5 Å². The lowest BCUT2D eigenvalue weighted by molar-refractivity contribution is 1.48. The standard InChI is InChI=1S/C9H4ClN/c1-2-7-3-4-9(10)8(5-7)6-11/h1,3-5H. The van der Waals surface area contributed by atoms with Crippen molar-refractivity contribution < 1.29 is 0 Å². The van der Waals surface area contributed by atoms with E-state index in [0.717, 1.165) is 0 Å². The first kappa shape index (κ1) is 7.66. The van der Waals surface area contributed by atoms with Crippen molar-refractivity contribution in [2.45, 2.75) is 0 Å². The Morgan fingerprint density at radius 2 is 2.18 bits per heavy atom. The van der Waals surface area contributed by atoms with Crippen LogP contribution in [0.3, 0.4) is 0 Å². The van der Waals surface area contributed by atoms with E-state index in [-0.39, 0.29) is 0 Å². The molecule has 2 heteroatoms. The maximum atomic E-state index is 8.54. The SMILES string of the molecule is C#Cc1ccc(Cl)c(C#N)c1. The highest BCUT2D eigenvalue weighted by molar-refractivity contribution is 6.31. The molecule has 11 heavy (non-hydrogen) atoms. The van der Waals surface area contributed by atoms with Crippen molar-refractivity contribution in [3.8, 4) is 18.4 Å². The van der Waals surface area contributed by atoms with E-state index in [9.17, 15) is 0 Å². The second-order valence-corrected chi connectivity index (χ2v) is 2.36. The lowest BCUT2D eigenvalue weighted by Gasteiger charge is -1.93. The molecule has 0 aliphatic rings. The van der Waals surface area contributed by atoms with Crippen LogP contribution in [0.15, 0.2) is 18.2 Å². The molecule has 0 bridgehead atoms. The smallest absolute Gasteiger partial charge is 0.101 e. The van der Waals surface area contributed by atoms with Crippen LogP contribution in [-0.4, -0.2) is 0 Å². The van der Waals surface area contributed by atoms with Crippen LogP contribution in [0.25, 0.3) is 0 Å². The van der Waals surface area contributed by atoms with Gasteiger partial charge in [-0.25, -0.2) is 0 Å². The van der Waals surface area contributed by atoms with E-state index in [4.69, 9.17) is 23.3 Å². The van der Waals surface area contributed by atoms with Crippen molar-refractivity contribution in [2.24, 2.45) is 0 Å². The zero-order valence-corrected chi connectivity index (χ0v) is 6.39. The highest BCUT2D eigenvalue weighted by Gasteiger charge is 1.97. The molecule has 0 unspecified atom stereocenters. The van der Waals surface area contributed by atoms with Gasteiger partial charge in [-0.2, -0.15) is 5.26 Å². The number of benzene rings is 1. The van der Waals surface area contributed by atoms with Crippen molar-refractivity contribution in [1.29, 1.82) is 5.26 Å². The minimum Gasteiger partial charge on any atom is -0.192 e. The van der Waals surface area contributed by atoms with Gasteiger partial charge in [0.1, 0.15) is 6.07 Å². The van der Waals surface area contributed by atoms with Crippen molar-refractivity contribution >= 4 is 11.6 Å². The Morgan fingerprint density at radius 3 is 2.73 bits per heavy atom. The number of nitrogens with zero attached hydrogens (tertiary/aromatic N) is 1. The van der Waals surface area contributed by atoms with Gasteiger partial charge in [-0.3, -0.25) is 0 Å². The summed E-state index contributed by atoms with van der Waals surface area (Å²) >= 11 is 5.66. The van der Waals surface area contributed by atoms with E-state index in [2.05, 4.69) is 5.92 Å².